The lowest BCUT2D eigenvalue weighted by Gasteiger charge is -2.23. The fourth-order valence-electron chi connectivity index (χ4n) is 9.69. The molecule has 101 heavy (non-hydrogen) atoms. The number of nitrogens with one attached hydrogen (secondary N) is 1. The van der Waals surface area contributed by atoms with Gasteiger partial charge in [0.25, 0.3) is 29.5 Å². The minimum Gasteiger partial charge on any atom is -0.467 e. The minimum atomic E-state index is -0.746. The summed E-state index contributed by atoms with van der Waals surface area (Å²) in [5.41, 5.74) is 23.6. The molecule has 2 amide bonds. The van der Waals surface area contributed by atoms with Gasteiger partial charge in [0.15, 0.2) is 17.5 Å². The number of halogens is 6. The topological polar surface area (TPSA) is 361 Å². The third-order valence-corrected chi connectivity index (χ3v) is 16.1. The van der Waals surface area contributed by atoms with Crippen molar-refractivity contribution in [2.75, 3.05) is 38.3 Å². The number of hydrogen-bond donors (Lipinski definition) is 4. The fourth-order valence-corrected chi connectivity index (χ4v) is 11.0. The van der Waals surface area contributed by atoms with Crippen molar-refractivity contribution in [2.45, 2.75) is 148 Å². The Bertz CT molecular complexity index is 4470. The molecule has 0 spiro atoms. The molecule has 0 unspecified atom stereocenters. The summed E-state index contributed by atoms with van der Waals surface area (Å²) in [6, 6.07) is 22.4. The van der Waals surface area contributed by atoms with Crippen LogP contribution < -0.4 is 36.7 Å². The first-order chi connectivity index (χ1) is 46.0. The summed E-state index contributed by atoms with van der Waals surface area (Å²) in [6.07, 6.45) is 2.49. The van der Waals surface area contributed by atoms with Crippen LogP contribution >= 0.6 is 54.5 Å². The van der Waals surface area contributed by atoms with Gasteiger partial charge < -0.3 is 46.5 Å². The summed E-state index contributed by atoms with van der Waals surface area (Å²) in [4.78, 5) is 54.3. The number of amides is 2. The highest BCUT2D eigenvalue weighted by Gasteiger charge is 2.30. The van der Waals surface area contributed by atoms with Crippen LogP contribution in [0.15, 0.2) is 94.5 Å². The monoisotopic (exact) mass is 1630 g/mol. The Kier molecular flexibility index (Phi) is 32.2. The van der Waals surface area contributed by atoms with E-state index in [1.165, 1.54) is 76.9 Å². The van der Waals surface area contributed by atoms with Gasteiger partial charge >= 0.3 is 0 Å². The van der Waals surface area contributed by atoms with Gasteiger partial charge in [-0.05, 0) is 191 Å². The van der Waals surface area contributed by atoms with E-state index in [1.807, 2.05) is 54.7 Å². The predicted molar refractivity (Wildman–Crippen MR) is 396 cm³/mol. The number of carbonyl (C=O) groups is 2. The number of rotatable bonds is 14. The van der Waals surface area contributed by atoms with Crippen molar-refractivity contribution in [3.63, 3.8) is 0 Å². The Morgan fingerprint density at radius 1 is 0.703 bits per heavy atom. The first kappa shape index (κ1) is 85.4. The molecule has 32 heteroatoms. The zero-order valence-corrected chi connectivity index (χ0v) is 60.1. The van der Waals surface area contributed by atoms with E-state index in [0.717, 1.165) is 14.8 Å². The van der Waals surface area contributed by atoms with E-state index in [2.05, 4.69) is 123 Å². The van der Waals surface area contributed by atoms with Crippen LogP contribution in [-0.2, 0) is 19.6 Å². The van der Waals surface area contributed by atoms with E-state index < -0.39 is 23.8 Å². The van der Waals surface area contributed by atoms with E-state index in [9.17, 15) is 33.3 Å². The highest BCUT2D eigenvalue weighted by atomic mass is 127. The quantitative estimate of drug-likeness (QED) is 0.0735. The lowest BCUT2D eigenvalue weighted by molar-refractivity contribution is 0.0771. The van der Waals surface area contributed by atoms with Crippen LogP contribution in [0.2, 0.25) is 0 Å². The maximum Gasteiger partial charge on any atom is 0.258 e. The van der Waals surface area contributed by atoms with Gasteiger partial charge in [0, 0.05) is 70.2 Å². The highest BCUT2D eigenvalue weighted by Crippen LogP contribution is 2.36. The second kappa shape index (κ2) is 38.1. The zero-order chi connectivity index (χ0) is 71.3. The molecule has 3 aromatic carbocycles. The molecule has 0 fully saturated rings. The molecule has 0 radical (unpaired) electrons. The zero-order valence-electron chi connectivity index (χ0n) is 54.8. The summed E-state index contributed by atoms with van der Waals surface area (Å²) in [7, 11) is 5.09. The lowest BCUT2D eigenvalue weighted by Crippen LogP contribution is -2.28. The predicted octanol–water partition coefficient (Wildman–Crippen LogP) is 14.6. The minimum absolute atomic E-state index is 0. The number of hydrogen-bond acceptors (Lipinski definition) is 21. The molecule has 2 bridgehead atoms. The number of nitrogens with zero attached hydrogens (tertiary/aromatic N) is 17. The van der Waals surface area contributed by atoms with Gasteiger partial charge in [-0.2, -0.15) is 31.1 Å². The van der Waals surface area contributed by atoms with Gasteiger partial charge in [0.05, 0.1) is 60.0 Å². The van der Waals surface area contributed by atoms with Gasteiger partial charge in [0.2, 0.25) is 0 Å². The molecule has 1 aliphatic heterocycles. The molecule has 9 aromatic rings. The van der Waals surface area contributed by atoms with Crippen molar-refractivity contribution >= 4 is 83.7 Å². The molecule has 3 atom stereocenters. The van der Waals surface area contributed by atoms with Crippen molar-refractivity contribution < 1.29 is 37.0 Å². The van der Waals surface area contributed by atoms with Crippen molar-refractivity contribution in [3.8, 4) is 47.1 Å². The third kappa shape index (κ3) is 21.4. The first-order valence-corrected chi connectivity index (χ1v) is 32.5. The summed E-state index contributed by atoms with van der Waals surface area (Å²) >= 11 is 8.53. The normalized spacial score (nSPS) is 12.5. The molecule has 0 saturated heterocycles. The number of aromatic nitrogens is 12. The van der Waals surface area contributed by atoms with Gasteiger partial charge in [-0.1, -0.05) is 29.7 Å². The Labute approximate surface area is 617 Å². The van der Waals surface area contributed by atoms with Gasteiger partial charge in [0.1, 0.15) is 80.3 Å². The molecule has 538 valence electrons. The van der Waals surface area contributed by atoms with Crippen LogP contribution in [0.5, 0.6) is 17.6 Å². The molecule has 0 aliphatic carbocycles. The number of nitriles is 3. The molecule has 1 aliphatic rings. The maximum atomic E-state index is 14.1. The summed E-state index contributed by atoms with van der Waals surface area (Å²) in [5.74, 6) is -1.38. The van der Waals surface area contributed by atoms with Gasteiger partial charge in [-0.3, -0.25) is 23.6 Å². The van der Waals surface area contributed by atoms with Crippen molar-refractivity contribution in [1.29, 1.82) is 15.8 Å². The molecule has 26 nitrogen and oxygen atoms in total. The molecule has 0 saturated carbocycles. The van der Waals surface area contributed by atoms with E-state index in [4.69, 9.17) is 36.7 Å². The number of anilines is 3. The molecule has 6 aromatic heterocycles. The van der Waals surface area contributed by atoms with Crippen LogP contribution in [0.1, 0.15) is 200 Å². The van der Waals surface area contributed by atoms with E-state index in [-0.39, 0.29) is 131 Å². The van der Waals surface area contributed by atoms with E-state index >= 15 is 0 Å². The van der Waals surface area contributed by atoms with Crippen molar-refractivity contribution in [3.05, 3.63) is 178 Å². The second-order valence-corrected chi connectivity index (χ2v) is 25.4. The maximum absolute atomic E-state index is 14.1. The molecular formula is C69H85Br2F3IN21O5. The Morgan fingerprint density at radius 3 is 1.72 bits per heavy atom. The fraction of sp³-hybridized carbons (Fsp3) is 0.362. The van der Waals surface area contributed by atoms with Crippen LogP contribution in [0.25, 0.3) is 11.3 Å². The third-order valence-electron chi connectivity index (χ3n) is 14.3. The number of ether oxygens (including phenoxy) is 3. The van der Waals surface area contributed by atoms with Crippen molar-refractivity contribution in [2.24, 2.45) is 0 Å². The molecule has 10 rings (SSSR count). The summed E-state index contributed by atoms with van der Waals surface area (Å²) in [6.45, 7) is 17.8. The average Bonchev–Trinajstić information content (AvgIpc) is 1.66. The van der Waals surface area contributed by atoms with Crippen LogP contribution in [-0.4, -0.2) is 102 Å². The van der Waals surface area contributed by atoms with Gasteiger partial charge in [-0.15, -0.1) is 0 Å². The molecular weight excluding hydrogens is 1550 g/mol. The Morgan fingerprint density at radius 2 is 1.20 bits per heavy atom. The second-order valence-electron chi connectivity index (χ2n) is 22.6. The number of nitrogen functional groups attached to an aromatic ring is 3. The number of fused-ring (bicyclic) bond motifs is 5. The number of carbonyl (C=O) groups excluding carboxylic acids is 2. The molecule has 7 heterocycles. The highest BCUT2D eigenvalue weighted by molar-refractivity contribution is 14.1. The Balaban J connectivity index is 0.000000364. The SMILES string of the molecule is C.C.C.C.CC(C)n1nc(CN(C)C(=O)c2ccc(F)cc2[C@@H](C)Oc2nc(Br)cnc2N)cc1C#N.CC(C)n1nc2c(c1C#N)-c1cnc(N)c(n1)O[C@H](C)c1cc(F)ccc1C(=O)N(C)C2.CNCc1cc(C#N)n(C(C)C)n1.C[C@@H](Oc1nc(Br)cnc1N)c1cc(F)ccc1I. The first-order valence-electron chi connectivity index (χ1n) is 29.8. The van der Waals surface area contributed by atoms with Crippen LogP contribution in [0.3, 0.4) is 0 Å². The summed E-state index contributed by atoms with van der Waals surface area (Å²) < 4.78 is 65.5. The standard InChI is InChI=1S/C22H23BrFN7O2.C22H22FN7O2.C12H10BrFIN3O.C9H14N4.4CH4/c1-12(2)31-16(9-25)8-15(29-31)11-30(4)22(32)17-6-5-14(24)7-18(17)13(3)33-21-20(26)27-10-19(23)28-21;1-11(2)30-18(8-24)19-16-9-26-20(25)21(27-16)32-12(3)15-7-13(23)5-6-14(15)22(31)29(4)10-17(19)28-30;1-6(8-4-7(14)2-3-9(8)15)19-12-11(16)17-5-10(13)18-12;1-7(2)13-9(5-10)4-8(12-13)6-11-3;;;;/h5-8,10,12-13H,11H2,1-4H3,(H2,26,27);5-7,9,11-12H,10H2,1-4H3,(H2,25,26);2-6H,1H3,(H2,16,17);4,7,11H,6H2,1-3H3;4*1H4/t13-;12-;6-;;;;;/m111...../s1. The smallest absolute Gasteiger partial charge is 0.258 e. The Hall–Kier alpha value is -9.82. The van der Waals surface area contributed by atoms with Crippen LogP contribution in [0, 0.1) is 55.0 Å². The summed E-state index contributed by atoms with van der Waals surface area (Å²) in [5, 5.41) is 44.3. The lowest BCUT2D eigenvalue weighted by atomic mass is 10.0. The number of benzene rings is 3. The molecule has 7 N–H and O–H groups in total. The van der Waals surface area contributed by atoms with Crippen molar-refractivity contribution in [1.82, 2.24) is 74.4 Å². The van der Waals surface area contributed by atoms with E-state index in [0.29, 0.717) is 66.6 Å². The van der Waals surface area contributed by atoms with Crippen LogP contribution in [0.4, 0.5) is 30.6 Å². The average molecular weight is 1630 g/mol. The van der Waals surface area contributed by atoms with E-state index in [1.54, 1.807) is 61.0 Å². The largest absolute Gasteiger partial charge is 0.467 e. The van der Waals surface area contributed by atoms with Gasteiger partial charge in [-0.25, -0.2) is 43.1 Å². The number of nitrogens with two attached hydrogens (primary N) is 3.